The molecular formula is C42H81NO2. The van der Waals surface area contributed by atoms with E-state index in [9.17, 15) is 5.11 Å². The van der Waals surface area contributed by atoms with Gasteiger partial charge in [0.1, 0.15) is 0 Å². The Labute approximate surface area is 283 Å². The fourth-order valence-electron chi connectivity index (χ4n) is 5.95. The van der Waals surface area contributed by atoms with Crippen LogP contribution in [0.15, 0.2) is 36.5 Å². The van der Waals surface area contributed by atoms with E-state index >= 15 is 0 Å². The summed E-state index contributed by atoms with van der Waals surface area (Å²) in [6.45, 7) is 6.21. The molecule has 0 saturated heterocycles. The lowest BCUT2D eigenvalue weighted by molar-refractivity contribution is -0.214. The van der Waals surface area contributed by atoms with Crippen molar-refractivity contribution in [2.75, 3.05) is 27.2 Å². The SMILES string of the molecule is CCCCC/C=C\C/C=C\CCCCCCCCC(O)(CCCCCCCC/C=C\CCCCCCCC)OCCCN(C)C. The van der Waals surface area contributed by atoms with Crippen molar-refractivity contribution in [1.82, 2.24) is 4.90 Å². The van der Waals surface area contributed by atoms with Gasteiger partial charge in [-0.05, 0) is 97.7 Å². The van der Waals surface area contributed by atoms with Gasteiger partial charge in [0.05, 0.1) is 6.61 Å². The molecule has 1 N–H and O–H groups in total. The van der Waals surface area contributed by atoms with E-state index in [0.29, 0.717) is 6.61 Å². The Hall–Kier alpha value is -0.900. The van der Waals surface area contributed by atoms with Gasteiger partial charge in [0, 0.05) is 12.8 Å². The number of allylic oxidation sites excluding steroid dienone is 6. The van der Waals surface area contributed by atoms with Crippen LogP contribution in [0, 0.1) is 0 Å². The van der Waals surface area contributed by atoms with Gasteiger partial charge in [0.2, 0.25) is 0 Å². The largest absolute Gasteiger partial charge is 0.365 e. The molecule has 0 aliphatic rings. The third-order valence-electron chi connectivity index (χ3n) is 8.97. The molecule has 0 aliphatic heterocycles. The molecule has 0 fully saturated rings. The van der Waals surface area contributed by atoms with Crippen molar-refractivity contribution in [3.63, 3.8) is 0 Å². The van der Waals surface area contributed by atoms with Crippen molar-refractivity contribution in [1.29, 1.82) is 0 Å². The minimum atomic E-state index is -0.928. The normalized spacial score (nSPS) is 13.7. The summed E-state index contributed by atoms with van der Waals surface area (Å²) in [4.78, 5) is 2.19. The van der Waals surface area contributed by atoms with Gasteiger partial charge >= 0.3 is 0 Å². The molecule has 0 aliphatic carbocycles. The van der Waals surface area contributed by atoms with E-state index in [2.05, 4.69) is 69.3 Å². The van der Waals surface area contributed by atoms with Gasteiger partial charge in [-0.2, -0.15) is 0 Å². The van der Waals surface area contributed by atoms with E-state index in [0.717, 1.165) is 45.1 Å². The molecule has 0 amide bonds. The summed E-state index contributed by atoms with van der Waals surface area (Å²) in [6, 6.07) is 0. The molecule has 266 valence electrons. The van der Waals surface area contributed by atoms with Crippen molar-refractivity contribution in [3.05, 3.63) is 36.5 Å². The number of unbranched alkanes of at least 4 members (excludes halogenated alkanes) is 21. The number of nitrogens with zero attached hydrogens (tertiary/aromatic N) is 1. The first-order valence-corrected chi connectivity index (χ1v) is 20.0. The topological polar surface area (TPSA) is 32.7 Å². The van der Waals surface area contributed by atoms with Crippen LogP contribution in [0.5, 0.6) is 0 Å². The third-order valence-corrected chi connectivity index (χ3v) is 8.97. The zero-order valence-corrected chi connectivity index (χ0v) is 31.2. The molecule has 0 aromatic heterocycles. The van der Waals surface area contributed by atoms with E-state index < -0.39 is 5.79 Å². The van der Waals surface area contributed by atoms with Crippen LogP contribution < -0.4 is 0 Å². The number of rotatable bonds is 36. The van der Waals surface area contributed by atoms with Crippen LogP contribution in [0.2, 0.25) is 0 Å². The molecule has 0 aromatic carbocycles. The Morgan fingerprint density at radius 3 is 1.27 bits per heavy atom. The monoisotopic (exact) mass is 632 g/mol. The van der Waals surface area contributed by atoms with Crippen molar-refractivity contribution < 1.29 is 9.84 Å². The lowest BCUT2D eigenvalue weighted by Crippen LogP contribution is -2.33. The molecular weight excluding hydrogens is 550 g/mol. The number of ether oxygens (including phenoxy) is 1. The fraction of sp³-hybridized carbons (Fsp3) is 0.857. The highest BCUT2D eigenvalue weighted by Gasteiger charge is 2.26. The molecule has 1 atom stereocenters. The maximum atomic E-state index is 11.4. The van der Waals surface area contributed by atoms with Gasteiger partial charge in [-0.3, -0.25) is 0 Å². The standard InChI is InChI=1S/C42H81NO2/c1-5-7-9-11-13-15-17-19-21-23-25-27-29-31-33-35-38-42(44,45-41-37-40-43(3)4)39-36-34-32-30-28-26-24-22-20-18-16-14-12-10-8-6-2/h13,15,19-22,44H,5-12,14,16-18,23-41H2,1-4H3/b15-13-,21-19-,22-20-. The first kappa shape index (κ1) is 44.1. The molecule has 0 aromatic rings. The minimum absolute atomic E-state index is 0.656. The molecule has 1 unspecified atom stereocenters. The second-order valence-corrected chi connectivity index (χ2v) is 14.0. The van der Waals surface area contributed by atoms with Crippen molar-refractivity contribution in [3.8, 4) is 0 Å². The smallest absolute Gasteiger partial charge is 0.165 e. The van der Waals surface area contributed by atoms with Gasteiger partial charge in [-0.15, -0.1) is 0 Å². The van der Waals surface area contributed by atoms with Crippen LogP contribution in [0.3, 0.4) is 0 Å². The average Bonchev–Trinajstić information content (AvgIpc) is 3.02. The van der Waals surface area contributed by atoms with E-state index in [-0.39, 0.29) is 0 Å². The molecule has 0 spiro atoms. The third kappa shape index (κ3) is 35.8. The fourth-order valence-corrected chi connectivity index (χ4v) is 5.95. The predicted molar refractivity (Wildman–Crippen MR) is 202 cm³/mol. The van der Waals surface area contributed by atoms with Crippen LogP contribution >= 0.6 is 0 Å². The second kappa shape index (κ2) is 35.9. The Balaban J connectivity index is 3.95. The molecule has 0 rings (SSSR count). The molecule has 0 bridgehead atoms. The van der Waals surface area contributed by atoms with Gasteiger partial charge in [0.25, 0.3) is 0 Å². The predicted octanol–water partition coefficient (Wildman–Crippen LogP) is 13.3. The summed E-state index contributed by atoms with van der Waals surface area (Å²) in [5, 5.41) is 11.4. The molecule has 3 nitrogen and oxygen atoms in total. The van der Waals surface area contributed by atoms with Gasteiger partial charge in [0.15, 0.2) is 5.79 Å². The summed E-state index contributed by atoms with van der Waals surface area (Å²) in [6.07, 6.45) is 50.1. The van der Waals surface area contributed by atoms with Crippen LogP contribution in [-0.2, 0) is 4.74 Å². The molecule has 0 saturated carbocycles. The Bertz CT molecular complexity index is 655. The lowest BCUT2D eigenvalue weighted by atomic mass is 9.98. The van der Waals surface area contributed by atoms with E-state index in [4.69, 9.17) is 4.74 Å². The number of aliphatic hydroxyl groups is 1. The minimum Gasteiger partial charge on any atom is -0.365 e. The first-order valence-electron chi connectivity index (χ1n) is 20.0. The van der Waals surface area contributed by atoms with E-state index in [1.807, 2.05) is 0 Å². The zero-order valence-electron chi connectivity index (χ0n) is 31.2. The summed E-state index contributed by atoms with van der Waals surface area (Å²) in [7, 11) is 4.20. The van der Waals surface area contributed by atoms with Crippen LogP contribution in [0.4, 0.5) is 0 Å². The maximum Gasteiger partial charge on any atom is 0.165 e. The van der Waals surface area contributed by atoms with Crippen LogP contribution in [-0.4, -0.2) is 43.0 Å². The van der Waals surface area contributed by atoms with Gasteiger partial charge in [-0.1, -0.05) is 147 Å². The highest BCUT2D eigenvalue weighted by atomic mass is 16.6. The highest BCUT2D eigenvalue weighted by molar-refractivity contribution is 4.92. The Morgan fingerprint density at radius 2 is 0.822 bits per heavy atom. The van der Waals surface area contributed by atoms with Crippen LogP contribution in [0.1, 0.15) is 200 Å². The summed E-state index contributed by atoms with van der Waals surface area (Å²) in [5.41, 5.74) is 0. The first-order chi connectivity index (χ1) is 22.0. The summed E-state index contributed by atoms with van der Waals surface area (Å²) in [5.74, 6) is -0.928. The quantitative estimate of drug-likeness (QED) is 0.0424. The molecule has 3 heteroatoms. The summed E-state index contributed by atoms with van der Waals surface area (Å²) >= 11 is 0. The molecule has 45 heavy (non-hydrogen) atoms. The Morgan fingerprint density at radius 1 is 0.467 bits per heavy atom. The highest BCUT2D eigenvalue weighted by Crippen LogP contribution is 2.25. The Kier molecular flexibility index (Phi) is 35.2. The second-order valence-electron chi connectivity index (χ2n) is 14.0. The van der Waals surface area contributed by atoms with Gasteiger partial charge < -0.3 is 14.7 Å². The maximum absolute atomic E-state index is 11.4. The van der Waals surface area contributed by atoms with Gasteiger partial charge in [-0.25, -0.2) is 0 Å². The van der Waals surface area contributed by atoms with E-state index in [1.54, 1.807) is 0 Å². The van der Waals surface area contributed by atoms with E-state index in [1.165, 1.54) is 148 Å². The molecule has 0 radical (unpaired) electrons. The van der Waals surface area contributed by atoms with Crippen molar-refractivity contribution >= 4 is 0 Å². The van der Waals surface area contributed by atoms with Crippen molar-refractivity contribution in [2.24, 2.45) is 0 Å². The summed E-state index contributed by atoms with van der Waals surface area (Å²) < 4.78 is 6.14. The lowest BCUT2D eigenvalue weighted by Gasteiger charge is -2.29. The molecule has 0 heterocycles. The van der Waals surface area contributed by atoms with Crippen molar-refractivity contribution in [2.45, 2.75) is 206 Å². The average molecular weight is 632 g/mol. The number of hydrogen-bond donors (Lipinski definition) is 1. The number of hydrogen-bond acceptors (Lipinski definition) is 3. The zero-order chi connectivity index (χ0) is 32.9. The van der Waals surface area contributed by atoms with Crippen LogP contribution in [0.25, 0.3) is 0 Å².